The molecule has 0 aliphatic heterocycles. The van der Waals surface area contributed by atoms with Crippen molar-refractivity contribution in [3.05, 3.63) is 13.8 Å². The van der Waals surface area contributed by atoms with Gasteiger partial charge in [0, 0.05) is 91.8 Å². The molecule has 10 unspecified atom stereocenters. The Morgan fingerprint density at radius 3 is 0.667 bits per heavy atom. The van der Waals surface area contributed by atoms with E-state index in [9.17, 15) is 75.7 Å². The largest absolute Gasteiger partial charge is 0.756 e. The molecule has 374 valence electrons. The van der Waals surface area contributed by atoms with E-state index in [1.165, 1.54) is 0 Å². The molecule has 0 aromatic heterocycles. The van der Waals surface area contributed by atoms with Gasteiger partial charge in [-0.05, 0) is 0 Å². The maximum Gasteiger partial charge on any atom is 0.268 e. The average Bonchev–Trinajstić information content (AvgIpc) is 3.13. The van der Waals surface area contributed by atoms with Crippen LogP contribution in [0.25, 0.3) is 0 Å². The van der Waals surface area contributed by atoms with Crippen LogP contribution in [0.5, 0.6) is 0 Å². The van der Waals surface area contributed by atoms with Crippen molar-refractivity contribution >= 4 is 62.6 Å². The Balaban J connectivity index is -0.0000180. The topological polar surface area (TPSA) is 500 Å². The summed E-state index contributed by atoms with van der Waals surface area (Å²) in [6.07, 6.45) is 0. The molecule has 0 saturated carbocycles. The second-order valence-electron chi connectivity index (χ2n) is 10.4. The maximum absolute atomic E-state index is 11.8. The number of hydrogen-bond donors (Lipinski definition) is 2. The second-order valence-corrected chi connectivity index (χ2v) is 21.5. The van der Waals surface area contributed by atoms with Crippen molar-refractivity contribution in [3.63, 3.8) is 0 Å². The number of aliphatic hydroxyl groups excluding tert-OH is 1. The Hall–Kier alpha value is 3.05. The van der Waals surface area contributed by atoms with Crippen molar-refractivity contribution in [3.8, 4) is 0 Å². The summed E-state index contributed by atoms with van der Waals surface area (Å²) in [4.78, 5) is 101. The average molecular weight is 1230 g/mol. The van der Waals surface area contributed by atoms with Crippen LogP contribution in [0.3, 0.4) is 0 Å². The van der Waals surface area contributed by atoms with Crippen molar-refractivity contribution in [2.24, 2.45) is 11.8 Å². The zero-order valence-electron chi connectivity index (χ0n) is 32.2. The van der Waals surface area contributed by atoms with Crippen LogP contribution in [0.1, 0.15) is 0 Å². The minimum atomic E-state index is -5.23. The molecule has 0 aromatic rings. The fraction of sp³-hybridized carbons (Fsp3) is 0.900. The summed E-state index contributed by atoms with van der Waals surface area (Å²) in [7, 11) is -41.0. The van der Waals surface area contributed by atoms with Gasteiger partial charge in [-0.1, -0.05) is 0 Å². The first-order chi connectivity index (χ1) is 27.8. The Labute approximate surface area is 409 Å². The van der Waals surface area contributed by atoms with Gasteiger partial charge in [0.15, 0.2) is 0 Å². The molecule has 0 aliphatic rings. The smallest absolute Gasteiger partial charge is 0.268 e. The van der Waals surface area contributed by atoms with Gasteiger partial charge < -0.3 is 131 Å². The second kappa shape index (κ2) is 34.4. The summed E-state index contributed by atoms with van der Waals surface area (Å²) < 4.78 is 156. The maximum atomic E-state index is 11.8. The van der Waals surface area contributed by atoms with Gasteiger partial charge >= 0.3 is 0 Å². The molecule has 0 fully saturated rings. The predicted molar refractivity (Wildman–Crippen MR) is 177 cm³/mol. The van der Waals surface area contributed by atoms with Gasteiger partial charge in [0.2, 0.25) is 0 Å². The fourth-order valence-electron chi connectivity index (χ4n) is 2.74. The van der Waals surface area contributed by atoms with Crippen molar-refractivity contribution in [2.45, 2.75) is 0 Å². The SMILES string of the molecule is [CH2-]C(CO)COP(=O)([O-])OCCOP(=O)([O-])OCCOP(=O)([O-])OCCOP(=O)([O-])OCCOP(=O)([O-])OCCOP(=O)([O-])OCCOP(=O)([O-])OCC([CH2-])COP(=O)([O-])O.[Y].[Y]. The van der Waals surface area contributed by atoms with E-state index in [0.717, 1.165) is 0 Å². The molecule has 0 heterocycles. The first kappa shape index (κ1) is 70.3. The molecule has 33 nitrogen and oxygen atoms in total. The molecule has 0 bridgehead atoms. The van der Waals surface area contributed by atoms with E-state index in [1.54, 1.807) is 0 Å². The third kappa shape index (κ3) is 43.6. The molecule has 43 heteroatoms. The van der Waals surface area contributed by atoms with Gasteiger partial charge in [0.05, 0.1) is 79.3 Å². The molecular weight excluding hydrogens is 1190 g/mol. The van der Waals surface area contributed by atoms with Gasteiger partial charge in [-0.25, -0.2) is 0 Å². The normalized spacial score (nSPS) is 20.6. The number of hydrogen-bond acceptors (Lipinski definition) is 32. The molecule has 0 amide bonds. The minimum absolute atomic E-state index is 0. The fourth-order valence-corrected chi connectivity index (χ4v) is 8.03. The molecule has 0 aromatic carbocycles. The van der Waals surface area contributed by atoms with E-state index in [0.29, 0.717) is 0 Å². The van der Waals surface area contributed by atoms with Gasteiger partial charge in [0.1, 0.15) is 0 Å². The van der Waals surface area contributed by atoms with E-state index in [1.807, 2.05) is 0 Å². The Kier molecular flexibility index (Phi) is 38.4. The Bertz CT molecular complexity index is 1650. The van der Waals surface area contributed by atoms with Crippen LogP contribution in [-0.4, -0.2) is 116 Å². The Morgan fingerprint density at radius 2 is 0.492 bits per heavy atom. The van der Waals surface area contributed by atoms with Crippen molar-refractivity contribution in [2.75, 3.05) is 106 Å². The van der Waals surface area contributed by atoms with Gasteiger partial charge in [-0.3, -0.25) is 36.5 Å². The van der Waals surface area contributed by atoms with E-state index >= 15 is 0 Å². The molecule has 0 spiro atoms. The van der Waals surface area contributed by atoms with Gasteiger partial charge in [0.25, 0.3) is 62.6 Å². The first-order valence-electron chi connectivity index (χ1n) is 16.0. The standard InChI is InChI=1S/C20H48O33P8.2Y/c1-19(15-21)16-52-60(35,36)49-13-11-47-58(31,32)45-9-7-43-56(27,28)41-5-3-39-55(25,26)40-4-6-42-57(29,30)44-8-10-46-59(33,34)48-12-14-50-61(37,38)53-18-20(2)17-51-54(22,23)24;;/h19-21H,1-18H2,(H,25,26)(H,27,28)(H,29,30)(H,31,32)(H,33,34)(H,35,36)(H,37,38)(H2,22,23,24);;/q-2;;/p-8. The summed E-state index contributed by atoms with van der Waals surface area (Å²) in [5, 5.41) is 8.77. The van der Waals surface area contributed by atoms with Crippen LogP contribution in [0.15, 0.2) is 0 Å². The molecule has 63 heavy (non-hydrogen) atoms. The molecule has 0 aliphatic carbocycles. The summed E-state index contributed by atoms with van der Waals surface area (Å²) >= 11 is 0. The summed E-state index contributed by atoms with van der Waals surface area (Å²) in [6, 6.07) is 0. The predicted octanol–water partition coefficient (Wildman–Crippen LogP) is -4.14. The summed E-state index contributed by atoms with van der Waals surface area (Å²) in [6.45, 7) is -7.41. The minimum Gasteiger partial charge on any atom is -0.756 e. The third-order valence-corrected chi connectivity index (χ3v) is 12.6. The van der Waals surface area contributed by atoms with Crippen molar-refractivity contribution in [1.29, 1.82) is 0 Å². The molecule has 2 radical (unpaired) electrons. The first-order valence-corrected chi connectivity index (χ1v) is 27.7. The van der Waals surface area contributed by atoms with Gasteiger partial charge in [-0.15, -0.1) is 11.8 Å². The zero-order valence-corrected chi connectivity index (χ0v) is 45.0. The van der Waals surface area contributed by atoms with Gasteiger partial charge in [-0.2, -0.15) is 0 Å². The number of aliphatic hydroxyl groups is 1. The number of phosphoric ester groups is 8. The van der Waals surface area contributed by atoms with E-state index in [4.69, 9.17) is 10.00 Å². The number of phosphoric acid groups is 8. The summed E-state index contributed by atoms with van der Waals surface area (Å²) in [5.74, 6) is -1.89. The molecule has 0 saturated heterocycles. The monoisotopic (exact) mass is 1230 g/mol. The van der Waals surface area contributed by atoms with E-state index in [-0.39, 0.29) is 65.4 Å². The van der Waals surface area contributed by atoms with Crippen LogP contribution >= 0.6 is 62.6 Å². The number of rotatable bonds is 40. The summed E-state index contributed by atoms with van der Waals surface area (Å²) in [5.41, 5.74) is 0. The molecule has 0 rings (SSSR count). The van der Waals surface area contributed by atoms with Crippen LogP contribution in [0.2, 0.25) is 0 Å². The third-order valence-electron chi connectivity index (χ3n) is 5.16. The molecule has 10 atom stereocenters. The zero-order chi connectivity index (χ0) is 47.1. The quantitative estimate of drug-likeness (QED) is 0.0334. The van der Waals surface area contributed by atoms with Crippen LogP contribution in [0, 0.1) is 25.7 Å². The van der Waals surface area contributed by atoms with E-state index in [2.05, 4.69) is 81.7 Å². The molecular formula is C20H40O33P8Y2-10. The van der Waals surface area contributed by atoms with Crippen molar-refractivity contribution < 1.29 is 219 Å². The Morgan fingerprint density at radius 1 is 0.333 bits per heavy atom. The van der Waals surface area contributed by atoms with Crippen LogP contribution in [0.4, 0.5) is 0 Å². The van der Waals surface area contributed by atoms with E-state index < -0.39 is 180 Å². The van der Waals surface area contributed by atoms with Crippen molar-refractivity contribution in [1.82, 2.24) is 0 Å². The molecule has 2 N–H and O–H groups in total. The van der Waals surface area contributed by atoms with Crippen LogP contribution < -0.4 is 39.1 Å². The van der Waals surface area contributed by atoms with Crippen LogP contribution in [-0.2, 0) is 170 Å².